The Bertz CT molecular complexity index is 532. The van der Waals surface area contributed by atoms with Crippen molar-refractivity contribution in [3.05, 3.63) is 23.8 Å². The van der Waals surface area contributed by atoms with Crippen LogP contribution in [0.25, 0.3) is 0 Å². The van der Waals surface area contributed by atoms with Crippen molar-refractivity contribution in [2.75, 3.05) is 32.7 Å². The van der Waals surface area contributed by atoms with Crippen LogP contribution in [0.3, 0.4) is 0 Å². The average Bonchev–Trinajstić information content (AvgIpc) is 2.45. The lowest BCUT2D eigenvalue weighted by atomic mass is 10.1. The molecule has 0 heterocycles. The van der Waals surface area contributed by atoms with Gasteiger partial charge in [0.15, 0.2) is 0 Å². The Labute approximate surface area is 125 Å². The minimum atomic E-state index is -0.0817. The molecule has 0 spiro atoms. The summed E-state index contributed by atoms with van der Waals surface area (Å²) >= 11 is 0. The van der Waals surface area contributed by atoms with Crippen molar-refractivity contribution in [1.29, 1.82) is 0 Å². The summed E-state index contributed by atoms with van der Waals surface area (Å²) in [6.45, 7) is 2.80. The molecule has 0 aliphatic heterocycles. The van der Waals surface area contributed by atoms with Gasteiger partial charge >= 0.3 is 0 Å². The lowest BCUT2D eigenvalue weighted by Crippen LogP contribution is -2.18. The molecule has 0 aliphatic rings. The molecule has 0 saturated heterocycles. The lowest BCUT2D eigenvalue weighted by molar-refractivity contribution is -0.117. The summed E-state index contributed by atoms with van der Waals surface area (Å²) in [5, 5.41) is 2.85. The van der Waals surface area contributed by atoms with E-state index in [1.807, 2.05) is 13.0 Å². The summed E-state index contributed by atoms with van der Waals surface area (Å²) in [6, 6.07) is 5.37. The van der Waals surface area contributed by atoms with Gasteiger partial charge in [-0.1, -0.05) is 18.8 Å². The predicted octanol–water partition coefficient (Wildman–Crippen LogP) is 1.62. The third kappa shape index (κ3) is 5.86. The van der Waals surface area contributed by atoms with Gasteiger partial charge in [-0.3, -0.25) is 4.79 Å². The van der Waals surface area contributed by atoms with Gasteiger partial charge in [-0.25, -0.2) is 0 Å². The van der Waals surface area contributed by atoms with Crippen LogP contribution in [-0.4, -0.2) is 33.3 Å². The van der Waals surface area contributed by atoms with Gasteiger partial charge in [-0.05, 0) is 24.1 Å². The van der Waals surface area contributed by atoms with E-state index in [0.717, 1.165) is 5.56 Å². The quantitative estimate of drug-likeness (QED) is 0.781. The molecule has 0 aliphatic carbocycles. The number of amides is 1. The minimum absolute atomic E-state index is 0.0817. The van der Waals surface area contributed by atoms with E-state index >= 15 is 0 Å². The second-order valence-corrected chi connectivity index (χ2v) is 4.73. The average molecular weight is 290 g/mol. The summed E-state index contributed by atoms with van der Waals surface area (Å²) in [5.41, 5.74) is 6.74. The molecule has 0 bridgehead atoms. The van der Waals surface area contributed by atoms with E-state index in [9.17, 15) is 4.79 Å². The highest BCUT2D eigenvalue weighted by atomic mass is 16.5. The highest BCUT2D eigenvalue weighted by molar-refractivity contribution is 5.92. The zero-order valence-electron chi connectivity index (χ0n) is 12.7. The fourth-order valence-corrected chi connectivity index (χ4v) is 1.90. The highest BCUT2D eigenvalue weighted by Crippen LogP contribution is 2.25. The molecule has 5 nitrogen and oxygen atoms in total. The molecule has 0 saturated carbocycles. The number of rotatable bonds is 6. The highest BCUT2D eigenvalue weighted by Gasteiger charge is 2.12. The monoisotopic (exact) mass is 290 g/mol. The van der Waals surface area contributed by atoms with E-state index in [1.165, 1.54) is 0 Å². The molecule has 1 atom stereocenters. The van der Waals surface area contributed by atoms with E-state index < -0.39 is 0 Å². The van der Waals surface area contributed by atoms with Gasteiger partial charge in [0, 0.05) is 25.7 Å². The van der Waals surface area contributed by atoms with E-state index in [1.54, 1.807) is 26.4 Å². The smallest absolute Gasteiger partial charge is 0.224 e. The van der Waals surface area contributed by atoms with Crippen molar-refractivity contribution in [3.8, 4) is 17.6 Å². The first kappa shape index (κ1) is 17.0. The van der Waals surface area contributed by atoms with Crippen molar-refractivity contribution < 1.29 is 14.3 Å². The largest absolute Gasteiger partial charge is 0.495 e. The number of hydrogen-bond donors (Lipinski definition) is 2. The van der Waals surface area contributed by atoms with Crippen LogP contribution in [0.4, 0.5) is 5.69 Å². The van der Waals surface area contributed by atoms with Gasteiger partial charge in [0.25, 0.3) is 0 Å². The van der Waals surface area contributed by atoms with Gasteiger partial charge in [0.2, 0.25) is 5.91 Å². The van der Waals surface area contributed by atoms with Gasteiger partial charge in [-0.15, -0.1) is 0 Å². The maximum Gasteiger partial charge on any atom is 0.224 e. The van der Waals surface area contributed by atoms with Crippen LogP contribution in [0.1, 0.15) is 18.9 Å². The Morgan fingerprint density at radius 2 is 2.19 bits per heavy atom. The van der Waals surface area contributed by atoms with Crippen molar-refractivity contribution in [1.82, 2.24) is 0 Å². The van der Waals surface area contributed by atoms with Crippen molar-refractivity contribution in [2.24, 2.45) is 11.7 Å². The molecular weight excluding hydrogens is 268 g/mol. The first-order valence-corrected chi connectivity index (χ1v) is 6.76. The second kappa shape index (κ2) is 9.01. The van der Waals surface area contributed by atoms with Crippen molar-refractivity contribution >= 4 is 11.6 Å². The molecule has 1 aromatic rings. The topological polar surface area (TPSA) is 73.6 Å². The summed E-state index contributed by atoms with van der Waals surface area (Å²) in [7, 11) is 3.18. The maximum atomic E-state index is 12.0. The Kier molecular flexibility index (Phi) is 7.30. The first-order chi connectivity index (χ1) is 10.1. The third-order valence-electron chi connectivity index (χ3n) is 2.79. The van der Waals surface area contributed by atoms with Gasteiger partial charge < -0.3 is 20.5 Å². The summed E-state index contributed by atoms with van der Waals surface area (Å²) in [5.74, 6) is 6.38. The standard InChI is InChI=1S/C16H22N2O3/c1-12(11-20-2)9-16(19)18-14-10-13(5-4-8-17)6-7-15(14)21-3/h6-7,10,12H,8-9,11,17H2,1-3H3,(H,18,19). The molecule has 21 heavy (non-hydrogen) atoms. The maximum absolute atomic E-state index is 12.0. The fraction of sp³-hybridized carbons (Fsp3) is 0.438. The lowest BCUT2D eigenvalue weighted by Gasteiger charge is -2.13. The molecule has 0 fully saturated rings. The zero-order chi connectivity index (χ0) is 15.7. The van der Waals surface area contributed by atoms with Crippen LogP contribution in [0.5, 0.6) is 5.75 Å². The Balaban J connectivity index is 2.82. The van der Waals surface area contributed by atoms with E-state index in [4.69, 9.17) is 15.2 Å². The summed E-state index contributed by atoms with van der Waals surface area (Å²) < 4.78 is 10.3. The molecule has 5 heteroatoms. The number of carbonyl (C=O) groups excluding carboxylic acids is 1. The third-order valence-corrected chi connectivity index (χ3v) is 2.79. The number of ether oxygens (including phenoxy) is 2. The van der Waals surface area contributed by atoms with Gasteiger partial charge in [0.05, 0.1) is 19.3 Å². The number of hydrogen-bond acceptors (Lipinski definition) is 4. The van der Waals surface area contributed by atoms with Crippen LogP contribution in [0.15, 0.2) is 18.2 Å². The predicted molar refractivity (Wildman–Crippen MR) is 83.2 cm³/mol. The zero-order valence-corrected chi connectivity index (χ0v) is 12.7. The Morgan fingerprint density at radius 3 is 2.81 bits per heavy atom. The van der Waals surface area contributed by atoms with Gasteiger partial charge in [0.1, 0.15) is 5.75 Å². The first-order valence-electron chi connectivity index (χ1n) is 6.76. The molecule has 1 unspecified atom stereocenters. The molecule has 0 radical (unpaired) electrons. The summed E-state index contributed by atoms with van der Waals surface area (Å²) in [6.07, 6.45) is 0.385. The number of nitrogens with two attached hydrogens (primary N) is 1. The van der Waals surface area contributed by atoms with E-state index in [0.29, 0.717) is 31.0 Å². The second-order valence-electron chi connectivity index (χ2n) is 4.73. The number of methoxy groups -OCH3 is 2. The molecule has 1 rings (SSSR count). The molecule has 3 N–H and O–H groups in total. The van der Waals surface area contributed by atoms with E-state index in [2.05, 4.69) is 17.2 Å². The summed E-state index contributed by atoms with van der Waals surface area (Å²) in [4.78, 5) is 12.0. The molecule has 114 valence electrons. The SMILES string of the molecule is COCC(C)CC(=O)Nc1cc(C#CCN)ccc1OC. The molecule has 0 aromatic heterocycles. The number of benzene rings is 1. The van der Waals surface area contributed by atoms with Crippen molar-refractivity contribution in [2.45, 2.75) is 13.3 Å². The minimum Gasteiger partial charge on any atom is -0.495 e. The van der Waals surface area contributed by atoms with E-state index in [-0.39, 0.29) is 11.8 Å². The fourth-order valence-electron chi connectivity index (χ4n) is 1.90. The van der Waals surface area contributed by atoms with Crippen molar-refractivity contribution in [3.63, 3.8) is 0 Å². The van der Waals surface area contributed by atoms with Crippen LogP contribution < -0.4 is 15.8 Å². The Hall–Kier alpha value is -2.03. The molecule has 1 amide bonds. The number of anilines is 1. The number of carbonyl (C=O) groups is 1. The van der Waals surface area contributed by atoms with Crippen LogP contribution in [0, 0.1) is 17.8 Å². The normalized spacial score (nSPS) is 11.2. The van der Waals surface area contributed by atoms with Crippen LogP contribution in [0.2, 0.25) is 0 Å². The van der Waals surface area contributed by atoms with Crippen LogP contribution in [-0.2, 0) is 9.53 Å². The number of nitrogens with one attached hydrogen (secondary N) is 1. The van der Waals surface area contributed by atoms with Crippen LogP contribution >= 0.6 is 0 Å². The molecule has 1 aromatic carbocycles. The Morgan fingerprint density at radius 1 is 1.43 bits per heavy atom. The molecular formula is C16H22N2O3. The van der Waals surface area contributed by atoms with Gasteiger partial charge in [-0.2, -0.15) is 0 Å².